The van der Waals surface area contributed by atoms with Crippen LogP contribution in [0.4, 0.5) is 5.69 Å². The van der Waals surface area contributed by atoms with Crippen LogP contribution >= 0.6 is 0 Å². The molecule has 0 amide bonds. The maximum atomic E-state index is 4.36. The van der Waals surface area contributed by atoms with Crippen molar-refractivity contribution in [3.8, 4) is 5.82 Å². The monoisotopic (exact) mass is 251 g/mol. The van der Waals surface area contributed by atoms with Crippen molar-refractivity contribution < 1.29 is 0 Å². The number of nitrogens with zero attached hydrogens (tertiary/aromatic N) is 4. The standard InChI is InChI=1S/C14H13N5/c1-3-13(17-11-12-4-8-15-9-5-12)14(16-6-1)19-10-2-7-18-19/h1-10,17H,11H2. The van der Waals surface area contributed by atoms with Crippen LogP contribution in [-0.4, -0.2) is 19.7 Å². The minimum atomic E-state index is 0.725. The molecule has 3 aromatic rings. The molecular weight excluding hydrogens is 238 g/mol. The minimum Gasteiger partial charge on any atom is -0.378 e. The summed E-state index contributed by atoms with van der Waals surface area (Å²) in [5, 5.41) is 7.57. The Kier molecular flexibility index (Phi) is 3.18. The number of pyridine rings is 2. The molecule has 0 saturated heterocycles. The highest BCUT2D eigenvalue weighted by Crippen LogP contribution is 2.16. The summed E-state index contributed by atoms with van der Waals surface area (Å²) in [6.45, 7) is 0.725. The van der Waals surface area contributed by atoms with Crippen LogP contribution in [-0.2, 0) is 6.54 Å². The second-order valence-electron chi connectivity index (χ2n) is 4.03. The first-order valence-electron chi connectivity index (χ1n) is 6.01. The molecule has 0 radical (unpaired) electrons. The van der Waals surface area contributed by atoms with E-state index >= 15 is 0 Å². The summed E-state index contributed by atoms with van der Waals surface area (Å²) < 4.78 is 1.74. The minimum absolute atomic E-state index is 0.725. The van der Waals surface area contributed by atoms with Crippen molar-refractivity contribution in [3.63, 3.8) is 0 Å². The largest absolute Gasteiger partial charge is 0.378 e. The Bertz CT molecular complexity index is 634. The van der Waals surface area contributed by atoms with Crippen LogP contribution in [0.15, 0.2) is 61.3 Å². The molecule has 5 nitrogen and oxygen atoms in total. The smallest absolute Gasteiger partial charge is 0.176 e. The zero-order chi connectivity index (χ0) is 12.9. The second-order valence-corrected chi connectivity index (χ2v) is 4.03. The van der Waals surface area contributed by atoms with Crippen LogP contribution < -0.4 is 5.32 Å². The van der Waals surface area contributed by atoms with Gasteiger partial charge in [-0.15, -0.1) is 0 Å². The Balaban J connectivity index is 1.82. The zero-order valence-corrected chi connectivity index (χ0v) is 10.3. The fraction of sp³-hybridized carbons (Fsp3) is 0.0714. The van der Waals surface area contributed by atoms with Crippen molar-refractivity contribution in [3.05, 3.63) is 66.9 Å². The normalized spacial score (nSPS) is 10.3. The lowest BCUT2D eigenvalue weighted by Crippen LogP contribution is -2.06. The van der Waals surface area contributed by atoms with Gasteiger partial charge in [0.25, 0.3) is 0 Å². The van der Waals surface area contributed by atoms with Crippen molar-refractivity contribution in [2.45, 2.75) is 6.54 Å². The third-order valence-corrected chi connectivity index (χ3v) is 2.74. The average molecular weight is 251 g/mol. The van der Waals surface area contributed by atoms with Crippen LogP contribution in [0.2, 0.25) is 0 Å². The highest BCUT2D eigenvalue weighted by Gasteiger charge is 2.05. The van der Waals surface area contributed by atoms with Crippen molar-refractivity contribution in [2.75, 3.05) is 5.32 Å². The van der Waals surface area contributed by atoms with E-state index in [2.05, 4.69) is 20.4 Å². The van der Waals surface area contributed by atoms with Gasteiger partial charge in [-0.1, -0.05) is 0 Å². The Hall–Kier alpha value is -2.69. The highest BCUT2D eigenvalue weighted by molar-refractivity contribution is 5.56. The summed E-state index contributed by atoms with van der Waals surface area (Å²) >= 11 is 0. The van der Waals surface area contributed by atoms with E-state index in [0.717, 1.165) is 18.1 Å². The molecule has 0 aliphatic carbocycles. The molecule has 0 bridgehead atoms. The predicted molar refractivity (Wildman–Crippen MR) is 72.9 cm³/mol. The van der Waals surface area contributed by atoms with Crippen molar-refractivity contribution in [1.29, 1.82) is 0 Å². The fourth-order valence-electron chi connectivity index (χ4n) is 1.81. The molecule has 0 atom stereocenters. The van der Waals surface area contributed by atoms with E-state index < -0.39 is 0 Å². The number of anilines is 1. The van der Waals surface area contributed by atoms with Gasteiger partial charge in [-0.3, -0.25) is 4.98 Å². The molecule has 3 heterocycles. The molecule has 0 aliphatic heterocycles. The first kappa shape index (κ1) is 11.4. The second kappa shape index (κ2) is 5.30. The lowest BCUT2D eigenvalue weighted by atomic mass is 10.2. The fourth-order valence-corrected chi connectivity index (χ4v) is 1.81. The lowest BCUT2D eigenvalue weighted by molar-refractivity contribution is 0.846. The summed E-state index contributed by atoms with van der Waals surface area (Å²) in [6, 6.07) is 9.74. The lowest BCUT2D eigenvalue weighted by Gasteiger charge is -2.10. The molecule has 3 aromatic heterocycles. The molecule has 19 heavy (non-hydrogen) atoms. The van der Waals surface area contributed by atoms with Crippen molar-refractivity contribution in [1.82, 2.24) is 19.7 Å². The number of rotatable bonds is 4. The first-order valence-corrected chi connectivity index (χ1v) is 6.01. The van der Waals surface area contributed by atoms with Crippen LogP contribution in [0.3, 0.4) is 0 Å². The van der Waals surface area contributed by atoms with E-state index in [-0.39, 0.29) is 0 Å². The molecule has 0 fully saturated rings. The molecule has 0 unspecified atom stereocenters. The quantitative estimate of drug-likeness (QED) is 0.773. The maximum absolute atomic E-state index is 4.36. The Morgan fingerprint density at radius 1 is 1.00 bits per heavy atom. The summed E-state index contributed by atoms with van der Waals surface area (Å²) in [5.74, 6) is 0.793. The zero-order valence-electron chi connectivity index (χ0n) is 10.3. The van der Waals surface area contributed by atoms with Gasteiger partial charge in [0.15, 0.2) is 5.82 Å². The third kappa shape index (κ3) is 2.60. The van der Waals surface area contributed by atoms with Gasteiger partial charge in [-0.25, -0.2) is 9.67 Å². The van der Waals surface area contributed by atoms with Crippen LogP contribution in [0.5, 0.6) is 0 Å². The van der Waals surface area contributed by atoms with Gasteiger partial charge in [0.2, 0.25) is 0 Å². The predicted octanol–water partition coefficient (Wildman–Crippen LogP) is 2.27. The molecule has 3 rings (SSSR count). The number of hydrogen-bond acceptors (Lipinski definition) is 4. The van der Waals surface area contributed by atoms with Crippen LogP contribution in [0.1, 0.15) is 5.56 Å². The number of aromatic nitrogens is 4. The first-order chi connectivity index (χ1) is 9.43. The van der Waals surface area contributed by atoms with Gasteiger partial charge < -0.3 is 5.32 Å². The molecule has 94 valence electrons. The van der Waals surface area contributed by atoms with Gasteiger partial charge in [-0.2, -0.15) is 5.10 Å². The van der Waals surface area contributed by atoms with Crippen LogP contribution in [0, 0.1) is 0 Å². The molecule has 0 aromatic carbocycles. The SMILES string of the molecule is c1cnc(-n2cccn2)c(NCc2ccncc2)c1. The Labute approximate surface area is 111 Å². The van der Waals surface area contributed by atoms with Gasteiger partial charge in [-0.05, 0) is 35.9 Å². The average Bonchev–Trinajstić information content (AvgIpc) is 3.01. The highest BCUT2D eigenvalue weighted by atomic mass is 15.3. The molecule has 0 aliphatic rings. The summed E-state index contributed by atoms with van der Waals surface area (Å²) in [7, 11) is 0. The van der Waals surface area contributed by atoms with E-state index in [1.165, 1.54) is 5.56 Å². The molecular formula is C14H13N5. The van der Waals surface area contributed by atoms with Crippen molar-refractivity contribution >= 4 is 5.69 Å². The molecule has 0 saturated carbocycles. The molecule has 1 N–H and O–H groups in total. The number of hydrogen-bond donors (Lipinski definition) is 1. The molecule has 5 heteroatoms. The van der Waals surface area contributed by atoms with Crippen molar-refractivity contribution in [2.24, 2.45) is 0 Å². The Morgan fingerprint density at radius 2 is 1.89 bits per heavy atom. The maximum Gasteiger partial charge on any atom is 0.176 e. The molecule has 0 spiro atoms. The van der Waals surface area contributed by atoms with E-state index in [1.807, 2.05) is 36.5 Å². The summed E-state index contributed by atoms with van der Waals surface area (Å²) in [4.78, 5) is 8.36. The number of nitrogens with one attached hydrogen (secondary N) is 1. The van der Waals surface area contributed by atoms with E-state index in [1.54, 1.807) is 29.5 Å². The van der Waals surface area contributed by atoms with Gasteiger partial charge in [0.1, 0.15) is 0 Å². The van der Waals surface area contributed by atoms with Gasteiger partial charge in [0.05, 0.1) is 5.69 Å². The van der Waals surface area contributed by atoms with E-state index in [4.69, 9.17) is 0 Å². The summed E-state index contributed by atoms with van der Waals surface area (Å²) in [6.07, 6.45) is 8.94. The van der Waals surface area contributed by atoms with E-state index in [0.29, 0.717) is 0 Å². The summed E-state index contributed by atoms with van der Waals surface area (Å²) in [5.41, 5.74) is 2.12. The Morgan fingerprint density at radius 3 is 2.68 bits per heavy atom. The van der Waals surface area contributed by atoms with E-state index in [9.17, 15) is 0 Å². The third-order valence-electron chi connectivity index (χ3n) is 2.74. The van der Waals surface area contributed by atoms with Crippen LogP contribution in [0.25, 0.3) is 5.82 Å². The van der Waals surface area contributed by atoms with Gasteiger partial charge in [0, 0.05) is 37.5 Å². The van der Waals surface area contributed by atoms with Gasteiger partial charge >= 0.3 is 0 Å². The topological polar surface area (TPSA) is 55.6 Å².